The number of nitrogens with two attached hydrogens (primary N) is 1. The molecule has 1 saturated carbocycles. The molecule has 1 rings (SSSR count). The van der Waals surface area contributed by atoms with Crippen LogP contribution in [0, 0.1) is 11.8 Å². The summed E-state index contributed by atoms with van der Waals surface area (Å²) in [5.74, 6) is 1.03. The lowest BCUT2D eigenvalue weighted by Gasteiger charge is -2.38. The Morgan fingerprint density at radius 2 is 2.38 bits per heavy atom. The van der Waals surface area contributed by atoms with Crippen molar-refractivity contribution in [1.29, 1.82) is 0 Å². The summed E-state index contributed by atoms with van der Waals surface area (Å²) in [6.07, 6.45) is 0.848. The van der Waals surface area contributed by atoms with Crippen molar-refractivity contribution in [1.82, 2.24) is 0 Å². The molecule has 0 aromatic carbocycles. The highest BCUT2D eigenvalue weighted by Crippen LogP contribution is 2.32. The molecule has 8 heavy (non-hydrogen) atoms. The van der Waals surface area contributed by atoms with Crippen LogP contribution in [0.3, 0.4) is 0 Å². The number of hydrogen-bond acceptors (Lipinski definition) is 2. The molecule has 0 aromatic rings. The van der Waals surface area contributed by atoms with Gasteiger partial charge in [0.1, 0.15) is 0 Å². The Bertz CT molecular complexity index is 84.6. The van der Waals surface area contributed by atoms with E-state index in [0.29, 0.717) is 11.8 Å². The molecule has 0 heterocycles. The van der Waals surface area contributed by atoms with Crippen LogP contribution < -0.4 is 5.73 Å². The minimum absolute atomic E-state index is 0.0662. The minimum Gasteiger partial charge on any atom is -0.393 e. The molecule has 1 aliphatic carbocycles. The zero-order chi connectivity index (χ0) is 6.15. The molecule has 0 amide bonds. The second-order valence-electron chi connectivity index (χ2n) is 2.66. The van der Waals surface area contributed by atoms with Crippen LogP contribution in [-0.4, -0.2) is 17.8 Å². The van der Waals surface area contributed by atoms with Crippen LogP contribution in [-0.2, 0) is 0 Å². The average molecular weight is 115 g/mol. The topological polar surface area (TPSA) is 46.2 Å². The van der Waals surface area contributed by atoms with Crippen molar-refractivity contribution in [2.75, 3.05) is 6.54 Å². The summed E-state index contributed by atoms with van der Waals surface area (Å²) in [7, 11) is 0. The largest absolute Gasteiger partial charge is 0.393 e. The molecule has 2 unspecified atom stereocenters. The first-order valence-electron chi connectivity index (χ1n) is 3.14. The average Bonchev–Trinajstić information content (AvgIpc) is 1.81. The first kappa shape index (κ1) is 6.05. The predicted molar refractivity (Wildman–Crippen MR) is 32.3 cm³/mol. The van der Waals surface area contributed by atoms with Crippen LogP contribution in [0.15, 0.2) is 0 Å². The number of rotatable bonds is 1. The van der Waals surface area contributed by atoms with Gasteiger partial charge in [0.2, 0.25) is 0 Å². The zero-order valence-corrected chi connectivity index (χ0v) is 5.17. The number of hydrogen-bond donors (Lipinski definition) is 2. The van der Waals surface area contributed by atoms with Crippen molar-refractivity contribution in [3.8, 4) is 0 Å². The van der Waals surface area contributed by atoms with Gasteiger partial charge in [-0.25, -0.2) is 0 Å². The third-order valence-corrected chi connectivity index (χ3v) is 2.20. The van der Waals surface area contributed by atoms with Crippen molar-refractivity contribution in [3.05, 3.63) is 0 Å². The normalized spacial score (nSPS) is 46.1. The molecule has 2 heteroatoms. The third-order valence-electron chi connectivity index (χ3n) is 2.20. The van der Waals surface area contributed by atoms with Gasteiger partial charge in [-0.15, -0.1) is 0 Å². The smallest absolute Gasteiger partial charge is 0.0572 e. The van der Waals surface area contributed by atoms with E-state index in [9.17, 15) is 0 Å². The fourth-order valence-electron chi connectivity index (χ4n) is 1.17. The highest BCUT2D eigenvalue weighted by molar-refractivity contribution is 4.86. The molecule has 0 bridgehead atoms. The predicted octanol–water partition coefficient (Wildman–Crippen LogP) is -0.0380. The van der Waals surface area contributed by atoms with Gasteiger partial charge in [-0.3, -0.25) is 0 Å². The van der Waals surface area contributed by atoms with Gasteiger partial charge in [0.15, 0.2) is 0 Å². The van der Waals surface area contributed by atoms with E-state index in [4.69, 9.17) is 10.8 Å². The molecule has 1 aliphatic rings. The van der Waals surface area contributed by atoms with Gasteiger partial charge in [0, 0.05) is 0 Å². The summed E-state index contributed by atoms with van der Waals surface area (Å²) < 4.78 is 0. The summed E-state index contributed by atoms with van der Waals surface area (Å²) in [4.78, 5) is 0. The molecule has 3 N–H and O–H groups in total. The fraction of sp³-hybridized carbons (Fsp3) is 1.00. The molecule has 1 fully saturated rings. The zero-order valence-electron chi connectivity index (χ0n) is 5.17. The third kappa shape index (κ3) is 0.740. The molecular weight excluding hydrogens is 102 g/mol. The monoisotopic (exact) mass is 115 g/mol. The van der Waals surface area contributed by atoms with E-state index < -0.39 is 0 Å². The van der Waals surface area contributed by atoms with Gasteiger partial charge in [0.05, 0.1) is 6.10 Å². The van der Waals surface area contributed by atoms with Gasteiger partial charge < -0.3 is 10.8 Å². The van der Waals surface area contributed by atoms with E-state index in [0.717, 1.165) is 13.0 Å². The fourth-order valence-corrected chi connectivity index (χ4v) is 1.17. The molecule has 0 aliphatic heterocycles. The van der Waals surface area contributed by atoms with Gasteiger partial charge >= 0.3 is 0 Å². The molecule has 0 aromatic heterocycles. The van der Waals surface area contributed by atoms with Gasteiger partial charge in [-0.2, -0.15) is 0 Å². The first-order chi connectivity index (χ1) is 3.75. The van der Waals surface area contributed by atoms with Crippen LogP contribution in [0.5, 0.6) is 0 Å². The van der Waals surface area contributed by atoms with Crippen molar-refractivity contribution in [3.63, 3.8) is 0 Å². The van der Waals surface area contributed by atoms with Crippen LogP contribution in [0.25, 0.3) is 0 Å². The first-order valence-corrected chi connectivity index (χ1v) is 3.14. The van der Waals surface area contributed by atoms with E-state index in [-0.39, 0.29) is 6.10 Å². The Kier molecular flexibility index (Phi) is 1.54. The summed E-state index contributed by atoms with van der Waals surface area (Å²) in [5, 5.41) is 8.96. The second kappa shape index (κ2) is 2.03. The molecule has 48 valence electrons. The molecule has 2 nitrogen and oxygen atoms in total. The van der Waals surface area contributed by atoms with Gasteiger partial charge in [-0.1, -0.05) is 6.92 Å². The van der Waals surface area contributed by atoms with Crippen molar-refractivity contribution in [2.24, 2.45) is 17.6 Å². The van der Waals surface area contributed by atoms with E-state index in [1.807, 2.05) is 6.92 Å². The maximum absolute atomic E-state index is 8.96. The Labute approximate surface area is 49.7 Å². The van der Waals surface area contributed by atoms with E-state index >= 15 is 0 Å². The molecule has 0 spiro atoms. The van der Waals surface area contributed by atoms with Gasteiger partial charge in [0.25, 0.3) is 0 Å². The lowest BCUT2D eigenvalue weighted by Crippen LogP contribution is -2.43. The van der Waals surface area contributed by atoms with Crippen LogP contribution in [0.2, 0.25) is 0 Å². The van der Waals surface area contributed by atoms with Crippen molar-refractivity contribution >= 4 is 0 Å². The van der Waals surface area contributed by atoms with Crippen LogP contribution in [0.4, 0.5) is 0 Å². The molecule has 3 atom stereocenters. The van der Waals surface area contributed by atoms with E-state index in [2.05, 4.69) is 0 Å². The Balaban J connectivity index is 2.25. The van der Waals surface area contributed by atoms with Crippen molar-refractivity contribution < 1.29 is 5.11 Å². The second-order valence-corrected chi connectivity index (χ2v) is 2.66. The lowest BCUT2D eigenvalue weighted by molar-refractivity contribution is -0.0185. The van der Waals surface area contributed by atoms with Crippen LogP contribution >= 0.6 is 0 Å². The number of aliphatic hydroxyl groups excluding tert-OH is 1. The van der Waals surface area contributed by atoms with Crippen LogP contribution in [0.1, 0.15) is 13.3 Å². The standard InChI is InChI=1S/C6H13NO/c1-4-5(3-7)2-6(4)8/h4-6,8H,2-3,7H2,1H3/t4?,5-,6?/m0/s1. The minimum atomic E-state index is -0.0662. The highest BCUT2D eigenvalue weighted by Gasteiger charge is 2.34. The highest BCUT2D eigenvalue weighted by atomic mass is 16.3. The lowest BCUT2D eigenvalue weighted by atomic mass is 9.72. The maximum Gasteiger partial charge on any atom is 0.0572 e. The summed E-state index contributed by atoms with van der Waals surface area (Å²) >= 11 is 0. The molecular formula is C6H13NO. The van der Waals surface area contributed by atoms with Gasteiger partial charge in [-0.05, 0) is 24.8 Å². The van der Waals surface area contributed by atoms with E-state index in [1.165, 1.54) is 0 Å². The maximum atomic E-state index is 8.96. The van der Waals surface area contributed by atoms with Crippen molar-refractivity contribution in [2.45, 2.75) is 19.4 Å². The summed E-state index contributed by atoms with van der Waals surface area (Å²) in [6.45, 7) is 2.78. The molecule has 0 saturated heterocycles. The summed E-state index contributed by atoms with van der Waals surface area (Å²) in [5.41, 5.74) is 5.38. The Morgan fingerprint density at radius 1 is 1.75 bits per heavy atom. The number of aliphatic hydroxyl groups is 1. The Hall–Kier alpha value is -0.0800. The SMILES string of the molecule is CC1C(O)C[C@H]1CN. The Morgan fingerprint density at radius 3 is 2.50 bits per heavy atom. The molecule has 0 radical (unpaired) electrons. The summed E-state index contributed by atoms with van der Waals surface area (Å²) in [6, 6.07) is 0. The quantitative estimate of drug-likeness (QED) is 0.504. The van der Waals surface area contributed by atoms with E-state index in [1.54, 1.807) is 0 Å².